The normalized spacial score (nSPS) is 38.1. The van der Waals surface area contributed by atoms with Gasteiger partial charge in [0.15, 0.2) is 6.10 Å². The summed E-state index contributed by atoms with van der Waals surface area (Å²) < 4.78 is 4.67. The Kier molecular flexibility index (Phi) is 2.63. The summed E-state index contributed by atoms with van der Waals surface area (Å²) in [5.41, 5.74) is 0. The highest BCUT2D eigenvalue weighted by Crippen LogP contribution is 2.17. The molecule has 6 heteroatoms. The van der Waals surface area contributed by atoms with E-state index in [0.29, 0.717) is 0 Å². The lowest BCUT2D eigenvalue weighted by atomic mass is 10.1. The second kappa shape index (κ2) is 3.36. The molecule has 0 aliphatic carbocycles. The van der Waals surface area contributed by atoms with Gasteiger partial charge in [0.25, 0.3) is 0 Å². The summed E-state index contributed by atoms with van der Waals surface area (Å²) in [5.74, 6) is -1.48. The Morgan fingerprint density at radius 1 is 1.50 bits per heavy atom. The van der Waals surface area contributed by atoms with Gasteiger partial charge in [0.05, 0.1) is 6.61 Å². The van der Waals surface area contributed by atoms with Crippen molar-refractivity contribution in [3.8, 4) is 0 Å². The number of carboxylic acids is 1. The van der Waals surface area contributed by atoms with E-state index in [4.69, 9.17) is 20.4 Å². The number of hydrogen-bond donors (Lipinski definition) is 4. The monoisotopic (exact) mass is 178 g/mol. The lowest BCUT2D eigenvalue weighted by Gasteiger charge is -2.17. The van der Waals surface area contributed by atoms with Gasteiger partial charge in [0, 0.05) is 0 Å². The average Bonchev–Trinajstić information content (AvgIpc) is 2.32. The smallest absolute Gasteiger partial charge is 0.335 e. The van der Waals surface area contributed by atoms with E-state index in [2.05, 4.69) is 4.74 Å². The predicted octanol–water partition coefficient (Wildman–Crippen LogP) is -2.45. The fourth-order valence-electron chi connectivity index (χ4n) is 1.04. The molecule has 0 saturated carbocycles. The summed E-state index contributed by atoms with van der Waals surface area (Å²) in [7, 11) is 0. The SMILES string of the molecule is O=C(O)C(O)[C@H]1OC[C@H](O)[C@H]1O. The van der Waals surface area contributed by atoms with E-state index in [9.17, 15) is 4.79 Å². The van der Waals surface area contributed by atoms with E-state index in [0.717, 1.165) is 0 Å². The topological polar surface area (TPSA) is 107 Å². The molecule has 0 spiro atoms. The first kappa shape index (κ1) is 9.40. The highest BCUT2D eigenvalue weighted by molar-refractivity contribution is 5.72. The molecule has 1 rings (SSSR count). The second-order valence-electron chi connectivity index (χ2n) is 2.64. The molecule has 0 aromatic rings. The Hall–Kier alpha value is -0.690. The third-order valence-electron chi connectivity index (χ3n) is 1.75. The lowest BCUT2D eigenvalue weighted by Crippen LogP contribution is -2.42. The van der Waals surface area contributed by atoms with Gasteiger partial charge < -0.3 is 25.2 Å². The quantitative estimate of drug-likeness (QED) is 0.374. The van der Waals surface area contributed by atoms with Crippen LogP contribution in [0.4, 0.5) is 0 Å². The highest BCUT2D eigenvalue weighted by Gasteiger charge is 2.42. The molecule has 0 aromatic heterocycles. The van der Waals surface area contributed by atoms with Crippen molar-refractivity contribution < 1.29 is 30.0 Å². The summed E-state index contributed by atoms with van der Waals surface area (Å²) >= 11 is 0. The van der Waals surface area contributed by atoms with Crippen LogP contribution in [-0.2, 0) is 9.53 Å². The van der Waals surface area contributed by atoms with E-state index in [1.165, 1.54) is 0 Å². The van der Waals surface area contributed by atoms with Gasteiger partial charge in [0.1, 0.15) is 18.3 Å². The van der Waals surface area contributed by atoms with Gasteiger partial charge in [-0.3, -0.25) is 0 Å². The molecule has 6 nitrogen and oxygen atoms in total. The van der Waals surface area contributed by atoms with Gasteiger partial charge in [-0.1, -0.05) is 0 Å². The molecule has 1 saturated heterocycles. The fourth-order valence-corrected chi connectivity index (χ4v) is 1.04. The van der Waals surface area contributed by atoms with Crippen molar-refractivity contribution in [3.63, 3.8) is 0 Å². The van der Waals surface area contributed by atoms with Gasteiger partial charge in [-0.25, -0.2) is 4.79 Å². The van der Waals surface area contributed by atoms with Crippen LogP contribution in [0.2, 0.25) is 0 Å². The Morgan fingerprint density at radius 3 is 2.42 bits per heavy atom. The minimum Gasteiger partial charge on any atom is -0.479 e. The third-order valence-corrected chi connectivity index (χ3v) is 1.75. The van der Waals surface area contributed by atoms with Crippen molar-refractivity contribution in [1.82, 2.24) is 0 Å². The van der Waals surface area contributed by atoms with Crippen LogP contribution in [0.25, 0.3) is 0 Å². The lowest BCUT2D eigenvalue weighted by molar-refractivity contribution is -0.156. The summed E-state index contributed by atoms with van der Waals surface area (Å²) in [6, 6.07) is 0. The van der Waals surface area contributed by atoms with Crippen molar-refractivity contribution in [2.75, 3.05) is 6.61 Å². The molecular formula is C6H10O6. The third kappa shape index (κ3) is 1.56. The Labute approximate surface area is 68.0 Å². The van der Waals surface area contributed by atoms with Crippen molar-refractivity contribution >= 4 is 5.97 Å². The first-order valence-corrected chi connectivity index (χ1v) is 3.42. The molecule has 0 amide bonds. The molecule has 1 heterocycles. The second-order valence-corrected chi connectivity index (χ2v) is 2.64. The molecule has 1 fully saturated rings. The first-order chi connectivity index (χ1) is 5.54. The molecular weight excluding hydrogens is 168 g/mol. The van der Waals surface area contributed by atoms with Crippen LogP contribution in [0.1, 0.15) is 0 Å². The zero-order valence-corrected chi connectivity index (χ0v) is 6.12. The largest absolute Gasteiger partial charge is 0.479 e. The Bertz CT molecular complexity index is 181. The molecule has 1 aliphatic rings. The number of carboxylic acid groups (broad SMARTS) is 1. The molecule has 70 valence electrons. The molecule has 1 aliphatic heterocycles. The number of hydrogen-bond acceptors (Lipinski definition) is 5. The van der Waals surface area contributed by atoms with Crippen molar-refractivity contribution in [2.24, 2.45) is 0 Å². The maximum atomic E-state index is 10.2. The molecule has 1 unspecified atom stereocenters. The van der Waals surface area contributed by atoms with Gasteiger partial charge in [0.2, 0.25) is 0 Å². The van der Waals surface area contributed by atoms with Gasteiger partial charge in [-0.05, 0) is 0 Å². The van der Waals surface area contributed by atoms with Crippen LogP contribution < -0.4 is 0 Å². The van der Waals surface area contributed by atoms with E-state index in [1.807, 2.05) is 0 Å². The summed E-state index contributed by atoms with van der Waals surface area (Å²) in [6.45, 7) is -0.157. The number of aliphatic carboxylic acids is 1. The van der Waals surface area contributed by atoms with Gasteiger partial charge in [-0.2, -0.15) is 0 Å². The number of ether oxygens (including phenoxy) is 1. The van der Waals surface area contributed by atoms with E-state index in [-0.39, 0.29) is 6.61 Å². The Morgan fingerprint density at radius 2 is 2.08 bits per heavy atom. The maximum absolute atomic E-state index is 10.2. The number of rotatable bonds is 2. The summed E-state index contributed by atoms with van der Waals surface area (Å²) in [5, 5.41) is 35.2. The maximum Gasteiger partial charge on any atom is 0.335 e. The molecule has 4 atom stereocenters. The van der Waals surface area contributed by atoms with Crippen LogP contribution in [-0.4, -0.2) is 57.4 Å². The zero-order chi connectivity index (χ0) is 9.30. The van der Waals surface area contributed by atoms with Crippen molar-refractivity contribution in [3.05, 3.63) is 0 Å². The number of aliphatic hydroxyl groups is 3. The van der Waals surface area contributed by atoms with E-state index >= 15 is 0 Å². The molecule has 12 heavy (non-hydrogen) atoms. The minimum atomic E-state index is -1.79. The van der Waals surface area contributed by atoms with Crippen LogP contribution in [0.15, 0.2) is 0 Å². The van der Waals surface area contributed by atoms with Crippen LogP contribution >= 0.6 is 0 Å². The van der Waals surface area contributed by atoms with E-state index in [1.54, 1.807) is 0 Å². The van der Waals surface area contributed by atoms with Gasteiger partial charge >= 0.3 is 5.97 Å². The number of aliphatic hydroxyl groups excluding tert-OH is 3. The molecule has 0 bridgehead atoms. The van der Waals surface area contributed by atoms with Crippen LogP contribution in [0, 0.1) is 0 Å². The minimum absolute atomic E-state index is 0.157. The first-order valence-electron chi connectivity index (χ1n) is 3.42. The summed E-state index contributed by atoms with van der Waals surface area (Å²) in [6.07, 6.45) is -5.49. The van der Waals surface area contributed by atoms with E-state index < -0.39 is 30.4 Å². The molecule has 4 N–H and O–H groups in total. The highest BCUT2D eigenvalue weighted by atomic mass is 16.5. The van der Waals surface area contributed by atoms with Crippen LogP contribution in [0.3, 0.4) is 0 Å². The zero-order valence-electron chi connectivity index (χ0n) is 6.12. The standard InChI is InChI=1S/C6H10O6/c7-2-1-12-5(3(2)8)4(9)6(10)11/h2-5,7-9H,1H2,(H,10,11)/t2-,3+,4?,5-/m0/s1. The number of carbonyl (C=O) groups is 1. The van der Waals surface area contributed by atoms with Gasteiger partial charge in [-0.15, -0.1) is 0 Å². The molecule has 0 radical (unpaired) electrons. The van der Waals surface area contributed by atoms with Crippen molar-refractivity contribution in [1.29, 1.82) is 0 Å². The fraction of sp³-hybridized carbons (Fsp3) is 0.833. The van der Waals surface area contributed by atoms with Crippen LogP contribution in [0.5, 0.6) is 0 Å². The Balaban J connectivity index is 2.59. The average molecular weight is 178 g/mol. The van der Waals surface area contributed by atoms with Crippen molar-refractivity contribution in [2.45, 2.75) is 24.4 Å². The predicted molar refractivity (Wildman–Crippen MR) is 35.4 cm³/mol. The summed E-state index contributed by atoms with van der Waals surface area (Å²) in [4.78, 5) is 10.2. The molecule has 0 aromatic carbocycles.